The van der Waals surface area contributed by atoms with Crippen molar-refractivity contribution in [3.05, 3.63) is 0 Å². The van der Waals surface area contributed by atoms with Gasteiger partial charge in [0.25, 0.3) is 0 Å². The minimum absolute atomic E-state index is 0.0475. The van der Waals surface area contributed by atoms with E-state index in [1.807, 2.05) is 18.7 Å². The summed E-state index contributed by atoms with van der Waals surface area (Å²) in [5.74, 6) is 1.20. The first-order valence-corrected chi connectivity index (χ1v) is 8.56. The van der Waals surface area contributed by atoms with Crippen molar-refractivity contribution >= 4 is 11.8 Å². The Morgan fingerprint density at radius 2 is 1.86 bits per heavy atom. The lowest BCUT2D eigenvalue weighted by Crippen LogP contribution is -2.70. The van der Waals surface area contributed by atoms with Crippen molar-refractivity contribution in [1.29, 1.82) is 0 Å². The van der Waals surface area contributed by atoms with E-state index >= 15 is 0 Å². The summed E-state index contributed by atoms with van der Waals surface area (Å²) >= 11 is 0. The maximum atomic E-state index is 13.0. The SMILES string of the molecule is CCC1(CC)NC(=O)C(CC(C)C)N(CC2CCC2)C1=O. The average Bonchev–Trinajstić information content (AvgIpc) is 2.40. The summed E-state index contributed by atoms with van der Waals surface area (Å²) in [5, 5.41) is 3.04. The Kier molecular flexibility index (Phi) is 4.95. The molecule has 2 rings (SSSR count). The Hall–Kier alpha value is -1.06. The Labute approximate surface area is 128 Å². The molecule has 120 valence electrons. The highest BCUT2D eigenvalue weighted by Crippen LogP contribution is 2.33. The summed E-state index contributed by atoms with van der Waals surface area (Å²) in [5.41, 5.74) is -0.672. The van der Waals surface area contributed by atoms with Gasteiger partial charge in [0.2, 0.25) is 11.8 Å². The molecule has 0 bridgehead atoms. The van der Waals surface area contributed by atoms with Crippen LogP contribution in [-0.2, 0) is 9.59 Å². The number of piperazine rings is 1. The maximum absolute atomic E-state index is 13.0. The molecule has 2 fully saturated rings. The highest BCUT2D eigenvalue weighted by Gasteiger charge is 2.49. The zero-order valence-electron chi connectivity index (χ0n) is 13.9. The van der Waals surface area contributed by atoms with Crippen LogP contribution in [0.2, 0.25) is 0 Å². The Morgan fingerprint density at radius 3 is 2.29 bits per heavy atom. The van der Waals surface area contributed by atoms with Crippen molar-refractivity contribution in [3.63, 3.8) is 0 Å². The lowest BCUT2D eigenvalue weighted by atomic mass is 9.81. The molecule has 1 saturated carbocycles. The summed E-state index contributed by atoms with van der Waals surface area (Å²) in [6.45, 7) is 8.98. The number of nitrogens with one attached hydrogen (secondary N) is 1. The first kappa shape index (κ1) is 16.3. The number of nitrogens with zero attached hydrogens (tertiary/aromatic N) is 1. The number of carbonyl (C=O) groups is 2. The third-order valence-electron chi connectivity index (χ3n) is 5.29. The van der Waals surface area contributed by atoms with Gasteiger partial charge in [0.15, 0.2) is 0 Å². The zero-order chi connectivity index (χ0) is 15.6. The molecule has 1 aliphatic carbocycles. The summed E-state index contributed by atoms with van der Waals surface area (Å²) < 4.78 is 0. The van der Waals surface area contributed by atoms with Gasteiger partial charge in [0, 0.05) is 6.54 Å². The fourth-order valence-corrected chi connectivity index (χ4v) is 3.50. The summed E-state index contributed by atoms with van der Waals surface area (Å²) in [7, 11) is 0. The Balaban J connectivity index is 2.24. The summed E-state index contributed by atoms with van der Waals surface area (Å²) in [4.78, 5) is 27.5. The molecule has 4 heteroatoms. The highest BCUT2D eigenvalue weighted by atomic mass is 16.2. The van der Waals surface area contributed by atoms with Crippen molar-refractivity contribution in [2.45, 2.75) is 77.8 Å². The molecule has 1 unspecified atom stereocenters. The molecule has 2 amide bonds. The molecule has 0 aromatic rings. The van der Waals surface area contributed by atoms with Crippen LogP contribution in [0.1, 0.15) is 66.2 Å². The smallest absolute Gasteiger partial charge is 0.248 e. The van der Waals surface area contributed by atoms with Crippen LogP contribution in [0, 0.1) is 11.8 Å². The number of hydrogen-bond donors (Lipinski definition) is 1. The summed E-state index contributed by atoms with van der Waals surface area (Å²) in [6, 6.07) is -0.274. The molecule has 1 aliphatic heterocycles. The molecule has 0 aromatic carbocycles. The third-order valence-corrected chi connectivity index (χ3v) is 5.29. The molecule has 2 aliphatic rings. The maximum Gasteiger partial charge on any atom is 0.248 e. The predicted octanol–water partition coefficient (Wildman–Crippen LogP) is 2.72. The van der Waals surface area contributed by atoms with Gasteiger partial charge in [0.05, 0.1) is 0 Å². The first-order chi connectivity index (χ1) is 9.93. The predicted molar refractivity (Wildman–Crippen MR) is 83.8 cm³/mol. The molecule has 1 saturated heterocycles. The highest BCUT2D eigenvalue weighted by molar-refractivity contribution is 5.99. The molecule has 1 heterocycles. The number of carbonyl (C=O) groups excluding carboxylic acids is 2. The standard InChI is InChI=1S/C17H30N2O2/c1-5-17(6-2)16(21)19(11-13-8-7-9-13)14(10-12(3)4)15(20)18-17/h12-14H,5-11H2,1-4H3,(H,18,20). The summed E-state index contributed by atoms with van der Waals surface area (Å²) in [6.07, 6.45) is 5.76. The van der Waals surface area contributed by atoms with Crippen LogP contribution >= 0.6 is 0 Å². The number of hydrogen-bond acceptors (Lipinski definition) is 2. The van der Waals surface area contributed by atoms with Crippen LogP contribution in [-0.4, -0.2) is 34.8 Å². The van der Waals surface area contributed by atoms with E-state index in [0.717, 1.165) is 13.0 Å². The van der Waals surface area contributed by atoms with Gasteiger partial charge in [-0.1, -0.05) is 34.1 Å². The second-order valence-corrected chi connectivity index (χ2v) is 7.18. The van der Waals surface area contributed by atoms with Crippen LogP contribution < -0.4 is 5.32 Å². The first-order valence-electron chi connectivity index (χ1n) is 8.56. The van der Waals surface area contributed by atoms with E-state index in [-0.39, 0.29) is 17.9 Å². The molecule has 1 N–H and O–H groups in total. The topological polar surface area (TPSA) is 49.4 Å². The fraction of sp³-hybridized carbons (Fsp3) is 0.882. The van der Waals surface area contributed by atoms with E-state index in [9.17, 15) is 9.59 Å². The van der Waals surface area contributed by atoms with E-state index < -0.39 is 5.54 Å². The lowest BCUT2D eigenvalue weighted by Gasteiger charge is -2.47. The molecular weight excluding hydrogens is 264 g/mol. The molecule has 21 heavy (non-hydrogen) atoms. The number of amides is 2. The second-order valence-electron chi connectivity index (χ2n) is 7.18. The minimum atomic E-state index is -0.672. The fourth-order valence-electron chi connectivity index (χ4n) is 3.50. The van der Waals surface area contributed by atoms with Crippen LogP contribution in [0.5, 0.6) is 0 Å². The zero-order valence-corrected chi connectivity index (χ0v) is 13.9. The second kappa shape index (κ2) is 6.37. The van der Waals surface area contributed by atoms with Crippen LogP contribution in [0.25, 0.3) is 0 Å². The van der Waals surface area contributed by atoms with Crippen molar-refractivity contribution < 1.29 is 9.59 Å². The average molecular weight is 294 g/mol. The van der Waals surface area contributed by atoms with Gasteiger partial charge in [-0.3, -0.25) is 9.59 Å². The van der Waals surface area contributed by atoms with E-state index in [2.05, 4.69) is 19.2 Å². The van der Waals surface area contributed by atoms with Crippen molar-refractivity contribution in [1.82, 2.24) is 10.2 Å². The van der Waals surface area contributed by atoms with E-state index in [4.69, 9.17) is 0 Å². The molecule has 0 aromatic heterocycles. The van der Waals surface area contributed by atoms with E-state index in [1.165, 1.54) is 19.3 Å². The van der Waals surface area contributed by atoms with Crippen molar-refractivity contribution in [3.8, 4) is 0 Å². The van der Waals surface area contributed by atoms with Gasteiger partial charge in [-0.05, 0) is 43.9 Å². The molecule has 0 radical (unpaired) electrons. The van der Waals surface area contributed by atoms with Crippen LogP contribution in [0.4, 0.5) is 0 Å². The third kappa shape index (κ3) is 3.09. The minimum Gasteiger partial charge on any atom is -0.340 e. The lowest BCUT2D eigenvalue weighted by molar-refractivity contribution is -0.157. The Bertz CT molecular complexity index is 398. The molecular formula is C17H30N2O2. The normalized spacial score (nSPS) is 26.0. The van der Waals surface area contributed by atoms with Crippen molar-refractivity contribution in [2.75, 3.05) is 6.54 Å². The van der Waals surface area contributed by atoms with Crippen molar-refractivity contribution in [2.24, 2.45) is 11.8 Å². The van der Waals surface area contributed by atoms with E-state index in [1.54, 1.807) is 0 Å². The monoisotopic (exact) mass is 294 g/mol. The van der Waals surface area contributed by atoms with Gasteiger partial charge in [0.1, 0.15) is 11.6 Å². The van der Waals surface area contributed by atoms with Crippen LogP contribution in [0.3, 0.4) is 0 Å². The molecule has 4 nitrogen and oxygen atoms in total. The molecule has 0 spiro atoms. The van der Waals surface area contributed by atoms with Gasteiger partial charge in [-0.25, -0.2) is 0 Å². The molecule has 1 atom stereocenters. The van der Waals surface area contributed by atoms with Crippen LogP contribution in [0.15, 0.2) is 0 Å². The Morgan fingerprint density at radius 1 is 1.24 bits per heavy atom. The van der Waals surface area contributed by atoms with Gasteiger partial charge in [-0.2, -0.15) is 0 Å². The van der Waals surface area contributed by atoms with E-state index in [0.29, 0.717) is 24.7 Å². The largest absolute Gasteiger partial charge is 0.340 e. The van der Waals surface area contributed by atoms with Gasteiger partial charge >= 0.3 is 0 Å². The van der Waals surface area contributed by atoms with Gasteiger partial charge < -0.3 is 10.2 Å². The van der Waals surface area contributed by atoms with Gasteiger partial charge in [-0.15, -0.1) is 0 Å². The number of rotatable bonds is 6. The quantitative estimate of drug-likeness (QED) is 0.819.